The second-order valence-corrected chi connectivity index (χ2v) is 8.67. The highest BCUT2D eigenvalue weighted by atomic mass is 35.5. The van der Waals surface area contributed by atoms with E-state index in [4.69, 9.17) is 46.4 Å². The number of halogens is 6. The van der Waals surface area contributed by atoms with Gasteiger partial charge in [-0.15, -0.1) is 11.3 Å². The smallest absolute Gasteiger partial charge is 0.195 e. The molecule has 0 spiro atoms. The first kappa shape index (κ1) is 21.3. The van der Waals surface area contributed by atoms with Crippen LogP contribution in [0.5, 0.6) is 0 Å². The van der Waals surface area contributed by atoms with Crippen LogP contribution in [-0.2, 0) is 0 Å². The topological polar surface area (TPSA) is 17.3 Å². The lowest BCUT2D eigenvalue weighted by molar-refractivity contribution is 0.628. The zero-order valence-corrected chi connectivity index (χ0v) is 18.7. The standard InChI is InChI=1S/C21H10Cl4F2N2S/c22-12-2-6-19(16(25)8-12)29-20(11-1-4-17(26)14(23)7-11)10-30-21(29)28-13-3-5-18(27)15(24)9-13/h1-10H. The summed E-state index contributed by atoms with van der Waals surface area (Å²) in [7, 11) is 0. The quantitative estimate of drug-likeness (QED) is 0.268. The third kappa shape index (κ3) is 4.27. The molecule has 4 aromatic rings. The summed E-state index contributed by atoms with van der Waals surface area (Å²) in [5.41, 5.74) is 2.44. The molecule has 0 bridgehead atoms. The molecule has 0 aliphatic rings. The van der Waals surface area contributed by atoms with Gasteiger partial charge in [0.15, 0.2) is 4.80 Å². The zero-order chi connectivity index (χ0) is 21.4. The molecule has 0 saturated carbocycles. The molecule has 4 rings (SSSR count). The highest BCUT2D eigenvalue weighted by Crippen LogP contribution is 2.31. The van der Waals surface area contributed by atoms with Crippen molar-refractivity contribution in [3.63, 3.8) is 0 Å². The number of aromatic nitrogens is 1. The number of hydrogen-bond acceptors (Lipinski definition) is 2. The first-order valence-corrected chi connectivity index (χ1v) is 10.8. The normalized spacial score (nSPS) is 11.9. The van der Waals surface area contributed by atoms with Gasteiger partial charge in [0.2, 0.25) is 0 Å². The third-order valence-corrected chi connectivity index (χ3v) is 6.14. The lowest BCUT2D eigenvalue weighted by atomic mass is 10.1. The number of thiazole rings is 1. The Hall–Kier alpha value is -1.89. The van der Waals surface area contributed by atoms with E-state index in [2.05, 4.69) is 4.99 Å². The summed E-state index contributed by atoms with van der Waals surface area (Å²) in [6.45, 7) is 0. The molecule has 1 aromatic heterocycles. The molecule has 1 heterocycles. The first-order chi connectivity index (χ1) is 14.3. The zero-order valence-electron chi connectivity index (χ0n) is 14.8. The maximum atomic E-state index is 13.7. The van der Waals surface area contributed by atoms with E-state index < -0.39 is 11.6 Å². The van der Waals surface area contributed by atoms with Crippen LogP contribution in [0, 0.1) is 11.6 Å². The van der Waals surface area contributed by atoms with Crippen molar-refractivity contribution in [1.29, 1.82) is 0 Å². The van der Waals surface area contributed by atoms with Gasteiger partial charge in [0.05, 0.1) is 32.1 Å². The van der Waals surface area contributed by atoms with Gasteiger partial charge in [-0.05, 0) is 54.6 Å². The molecule has 0 amide bonds. The van der Waals surface area contributed by atoms with E-state index in [-0.39, 0.29) is 10.0 Å². The largest absolute Gasteiger partial charge is 0.284 e. The van der Waals surface area contributed by atoms with Gasteiger partial charge < -0.3 is 0 Å². The maximum absolute atomic E-state index is 13.7. The van der Waals surface area contributed by atoms with E-state index in [1.54, 1.807) is 28.8 Å². The molecule has 2 nitrogen and oxygen atoms in total. The Labute approximate surface area is 194 Å². The van der Waals surface area contributed by atoms with Crippen molar-refractivity contribution in [3.8, 4) is 16.9 Å². The van der Waals surface area contributed by atoms with Crippen LogP contribution in [0.25, 0.3) is 16.9 Å². The van der Waals surface area contributed by atoms with Crippen LogP contribution in [0.2, 0.25) is 20.1 Å². The van der Waals surface area contributed by atoms with Gasteiger partial charge in [0, 0.05) is 16.0 Å². The molecule has 0 aliphatic carbocycles. The molecule has 152 valence electrons. The van der Waals surface area contributed by atoms with Gasteiger partial charge in [-0.3, -0.25) is 4.57 Å². The van der Waals surface area contributed by atoms with E-state index in [0.29, 0.717) is 37.5 Å². The summed E-state index contributed by atoms with van der Waals surface area (Å²) in [4.78, 5) is 5.14. The van der Waals surface area contributed by atoms with Crippen molar-refractivity contribution < 1.29 is 8.78 Å². The van der Waals surface area contributed by atoms with Crippen LogP contribution in [0.1, 0.15) is 0 Å². The fourth-order valence-corrected chi connectivity index (χ4v) is 4.57. The Morgan fingerprint density at radius 3 is 2.13 bits per heavy atom. The van der Waals surface area contributed by atoms with Crippen molar-refractivity contribution in [1.82, 2.24) is 4.57 Å². The summed E-state index contributed by atoms with van der Waals surface area (Å²) in [5.74, 6) is -1.05. The van der Waals surface area contributed by atoms with Gasteiger partial charge in [-0.2, -0.15) is 0 Å². The van der Waals surface area contributed by atoms with E-state index in [1.165, 1.54) is 41.7 Å². The van der Waals surface area contributed by atoms with Gasteiger partial charge in [-0.25, -0.2) is 13.8 Å². The molecule has 0 aliphatic heterocycles. The molecule has 0 radical (unpaired) electrons. The van der Waals surface area contributed by atoms with Gasteiger partial charge in [0.25, 0.3) is 0 Å². The van der Waals surface area contributed by atoms with Gasteiger partial charge >= 0.3 is 0 Å². The van der Waals surface area contributed by atoms with Gasteiger partial charge in [-0.1, -0.05) is 46.4 Å². The monoisotopic (exact) mass is 500 g/mol. The van der Waals surface area contributed by atoms with Crippen molar-refractivity contribution in [3.05, 3.63) is 96.5 Å². The van der Waals surface area contributed by atoms with Crippen molar-refractivity contribution >= 4 is 63.4 Å². The Bertz CT molecular complexity index is 1330. The molecule has 0 saturated heterocycles. The minimum absolute atomic E-state index is 0.00346. The predicted octanol–water partition coefficient (Wildman–Crippen LogP) is 8.33. The third-order valence-electron chi connectivity index (χ3n) is 4.20. The first-order valence-electron chi connectivity index (χ1n) is 8.44. The fraction of sp³-hybridized carbons (Fsp3) is 0. The average molecular weight is 502 g/mol. The molecule has 0 N–H and O–H groups in total. The Morgan fingerprint density at radius 1 is 0.767 bits per heavy atom. The molecule has 0 fully saturated rings. The number of benzene rings is 3. The van der Waals surface area contributed by atoms with Crippen LogP contribution in [0.4, 0.5) is 14.5 Å². The van der Waals surface area contributed by atoms with Crippen molar-refractivity contribution in [2.24, 2.45) is 4.99 Å². The van der Waals surface area contributed by atoms with E-state index >= 15 is 0 Å². The Kier molecular flexibility index (Phi) is 6.19. The Balaban J connectivity index is 1.99. The summed E-state index contributed by atoms with van der Waals surface area (Å²) >= 11 is 25.7. The lowest BCUT2D eigenvalue weighted by Gasteiger charge is -2.12. The Morgan fingerprint density at radius 2 is 1.47 bits per heavy atom. The molecule has 3 aromatic carbocycles. The second kappa shape index (κ2) is 8.69. The second-order valence-electron chi connectivity index (χ2n) is 6.17. The summed E-state index contributed by atoms with van der Waals surface area (Å²) < 4.78 is 29.0. The minimum Gasteiger partial charge on any atom is -0.284 e. The number of rotatable bonds is 3. The molecule has 0 unspecified atom stereocenters. The van der Waals surface area contributed by atoms with Crippen LogP contribution < -0.4 is 4.80 Å². The summed E-state index contributed by atoms with van der Waals surface area (Å²) in [6, 6.07) is 13.7. The maximum Gasteiger partial charge on any atom is 0.195 e. The van der Waals surface area contributed by atoms with Crippen LogP contribution in [0.3, 0.4) is 0 Å². The highest BCUT2D eigenvalue weighted by Gasteiger charge is 2.15. The molecule has 9 heteroatoms. The lowest BCUT2D eigenvalue weighted by Crippen LogP contribution is -2.14. The van der Waals surface area contributed by atoms with E-state index in [0.717, 1.165) is 0 Å². The van der Waals surface area contributed by atoms with E-state index in [1.807, 2.05) is 5.38 Å². The highest BCUT2D eigenvalue weighted by molar-refractivity contribution is 7.07. The number of hydrogen-bond donors (Lipinski definition) is 0. The van der Waals surface area contributed by atoms with Crippen molar-refractivity contribution in [2.45, 2.75) is 0 Å². The predicted molar refractivity (Wildman–Crippen MR) is 121 cm³/mol. The van der Waals surface area contributed by atoms with E-state index in [9.17, 15) is 8.78 Å². The van der Waals surface area contributed by atoms with Gasteiger partial charge in [0.1, 0.15) is 11.6 Å². The molecule has 0 atom stereocenters. The van der Waals surface area contributed by atoms with Crippen LogP contribution >= 0.6 is 57.7 Å². The van der Waals surface area contributed by atoms with Crippen LogP contribution in [-0.4, -0.2) is 4.57 Å². The number of nitrogens with zero attached hydrogens (tertiary/aromatic N) is 2. The minimum atomic E-state index is -0.530. The fourth-order valence-electron chi connectivity index (χ4n) is 2.81. The average Bonchev–Trinajstić information content (AvgIpc) is 3.10. The molecule has 30 heavy (non-hydrogen) atoms. The summed E-state index contributed by atoms with van der Waals surface area (Å²) in [5, 5.41) is 2.69. The molecular weight excluding hydrogens is 492 g/mol. The van der Waals surface area contributed by atoms with Crippen LogP contribution in [0.15, 0.2) is 65.0 Å². The molecular formula is C21H10Cl4F2N2S. The van der Waals surface area contributed by atoms with Crippen molar-refractivity contribution in [2.75, 3.05) is 0 Å². The SMILES string of the molecule is Fc1ccc(N=c2scc(-c3ccc(F)c(Cl)c3)n2-c2ccc(Cl)cc2Cl)cc1Cl. The summed E-state index contributed by atoms with van der Waals surface area (Å²) in [6.07, 6.45) is 0.